The highest BCUT2D eigenvalue weighted by Crippen LogP contribution is 2.33. The molecule has 1 N–H and O–H groups in total. The van der Waals surface area contributed by atoms with E-state index in [0.717, 1.165) is 0 Å². The molecule has 2 aromatic carbocycles. The summed E-state index contributed by atoms with van der Waals surface area (Å²) in [7, 11) is 0. The molecule has 0 fully saturated rings. The number of hydrogen-bond acceptors (Lipinski definition) is 3. The molecule has 0 aliphatic rings. The smallest absolute Gasteiger partial charge is 0.263 e. The van der Waals surface area contributed by atoms with E-state index in [9.17, 15) is 4.79 Å². The lowest BCUT2D eigenvalue weighted by molar-refractivity contribution is -0.134. The van der Waals surface area contributed by atoms with E-state index in [1.165, 1.54) is 11.1 Å². The summed E-state index contributed by atoms with van der Waals surface area (Å²) in [5, 5.41) is 3.81. The lowest BCUT2D eigenvalue weighted by Crippen LogP contribution is -2.47. The van der Waals surface area contributed by atoms with Crippen LogP contribution in [-0.4, -0.2) is 23.0 Å². The number of rotatable bonds is 8. The normalized spacial score (nSPS) is 13.3. The number of amides is 1. The molecule has 3 rings (SSSR count). The van der Waals surface area contributed by atoms with E-state index in [4.69, 9.17) is 16.3 Å². The van der Waals surface area contributed by atoms with Crippen molar-refractivity contribution >= 4 is 17.5 Å². The van der Waals surface area contributed by atoms with Gasteiger partial charge in [-0.05, 0) is 55.2 Å². The number of ether oxygens (including phenoxy) is 1. The van der Waals surface area contributed by atoms with Gasteiger partial charge in [-0.1, -0.05) is 61.0 Å². The number of nitrogens with one attached hydrogen (secondary N) is 1. The van der Waals surface area contributed by atoms with Crippen molar-refractivity contribution in [3.05, 3.63) is 95.3 Å². The fourth-order valence-electron chi connectivity index (χ4n) is 3.45. The summed E-state index contributed by atoms with van der Waals surface area (Å²) in [4.78, 5) is 17.0. The first-order valence-corrected chi connectivity index (χ1v) is 10.4. The second-order valence-corrected chi connectivity index (χ2v) is 8.30. The van der Waals surface area contributed by atoms with Gasteiger partial charge < -0.3 is 10.1 Å². The minimum absolute atomic E-state index is 0.102. The highest BCUT2D eigenvalue weighted by molar-refractivity contribution is 6.30. The number of pyridine rings is 1. The van der Waals surface area contributed by atoms with Gasteiger partial charge in [-0.2, -0.15) is 0 Å². The standard InChI is InChI=1S/C25H27ClN2O2/c1-18(19-11-13-21(26)14-12-19)23(20-8-5-4-6-9-20)17-28-24(29)25(2,3)30-22-10-7-15-27-16-22/h4-16,18,23H,17H2,1-3H3,(H,28,29). The zero-order valence-electron chi connectivity index (χ0n) is 17.5. The largest absolute Gasteiger partial charge is 0.476 e. The highest BCUT2D eigenvalue weighted by atomic mass is 35.5. The van der Waals surface area contributed by atoms with Crippen LogP contribution < -0.4 is 10.1 Å². The Balaban J connectivity index is 1.74. The van der Waals surface area contributed by atoms with Crippen LogP contribution in [0.3, 0.4) is 0 Å². The maximum absolute atomic E-state index is 12.9. The third-order valence-corrected chi connectivity index (χ3v) is 5.52. The van der Waals surface area contributed by atoms with Gasteiger partial charge in [-0.25, -0.2) is 0 Å². The molecule has 5 heteroatoms. The van der Waals surface area contributed by atoms with Gasteiger partial charge in [-0.3, -0.25) is 9.78 Å². The molecule has 0 aliphatic heterocycles. The number of carbonyl (C=O) groups excluding carboxylic acids is 1. The minimum atomic E-state index is -1.02. The van der Waals surface area contributed by atoms with Crippen LogP contribution in [0, 0.1) is 0 Å². The van der Waals surface area contributed by atoms with Crippen LogP contribution in [0.1, 0.15) is 43.7 Å². The third kappa shape index (κ3) is 5.61. The van der Waals surface area contributed by atoms with Gasteiger partial charge in [-0.15, -0.1) is 0 Å². The van der Waals surface area contributed by atoms with Crippen molar-refractivity contribution in [1.82, 2.24) is 10.3 Å². The first-order chi connectivity index (χ1) is 14.4. The van der Waals surface area contributed by atoms with Crippen molar-refractivity contribution in [2.75, 3.05) is 6.54 Å². The van der Waals surface area contributed by atoms with E-state index in [1.807, 2.05) is 42.5 Å². The predicted octanol–water partition coefficient (Wildman–Crippen LogP) is 5.60. The molecule has 1 amide bonds. The maximum Gasteiger partial charge on any atom is 0.263 e. The Kier molecular flexibility index (Phi) is 7.11. The molecule has 2 unspecified atom stereocenters. The third-order valence-electron chi connectivity index (χ3n) is 5.26. The molecule has 30 heavy (non-hydrogen) atoms. The molecule has 4 nitrogen and oxygen atoms in total. The summed E-state index contributed by atoms with van der Waals surface area (Å²) in [6, 6.07) is 21.7. The number of benzene rings is 2. The van der Waals surface area contributed by atoms with Gasteiger partial charge in [0.1, 0.15) is 5.75 Å². The SMILES string of the molecule is CC(c1ccc(Cl)cc1)C(CNC(=O)C(C)(C)Oc1cccnc1)c1ccccc1. The Hall–Kier alpha value is -2.85. The molecular weight excluding hydrogens is 396 g/mol. The molecule has 0 radical (unpaired) electrons. The Bertz CT molecular complexity index is 944. The Morgan fingerprint density at radius 3 is 2.37 bits per heavy atom. The first-order valence-electron chi connectivity index (χ1n) is 10.0. The summed E-state index contributed by atoms with van der Waals surface area (Å²) in [5.41, 5.74) is 1.33. The average Bonchev–Trinajstić information content (AvgIpc) is 2.75. The lowest BCUT2D eigenvalue weighted by atomic mass is 9.82. The summed E-state index contributed by atoms with van der Waals surface area (Å²) in [6.07, 6.45) is 3.27. The van der Waals surface area contributed by atoms with E-state index in [0.29, 0.717) is 17.3 Å². The topological polar surface area (TPSA) is 51.2 Å². The first kappa shape index (κ1) is 21.8. The molecule has 0 aliphatic carbocycles. The average molecular weight is 423 g/mol. The van der Waals surface area contributed by atoms with Crippen LogP contribution in [0.15, 0.2) is 79.1 Å². The number of carbonyl (C=O) groups is 1. The molecule has 1 aromatic heterocycles. The van der Waals surface area contributed by atoms with Crippen LogP contribution in [-0.2, 0) is 4.79 Å². The van der Waals surface area contributed by atoms with Crippen molar-refractivity contribution in [2.45, 2.75) is 38.2 Å². The molecule has 2 atom stereocenters. The molecule has 0 saturated heterocycles. The fraction of sp³-hybridized carbons (Fsp3) is 0.280. The highest BCUT2D eigenvalue weighted by Gasteiger charge is 2.31. The van der Waals surface area contributed by atoms with Gasteiger partial charge >= 0.3 is 0 Å². The van der Waals surface area contributed by atoms with E-state index >= 15 is 0 Å². The number of nitrogens with zero attached hydrogens (tertiary/aromatic N) is 1. The zero-order valence-corrected chi connectivity index (χ0v) is 18.3. The van der Waals surface area contributed by atoms with E-state index in [1.54, 1.807) is 38.4 Å². The summed E-state index contributed by atoms with van der Waals surface area (Å²) in [6.45, 7) is 6.18. The van der Waals surface area contributed by atoms with Crippen LogP contribution in [0.4, 0.5) is 0 Å². The monoisotopic (exact) mass is 422 g/mol. The fourth-order valence-corrected chi connectivity index (χ4v) is 3.57. The molecule has 0 spiro atoms. The lowest BCUT2D eigenvalue weighted by Gasteiger charge is -2.29. The van der Waals surface area contributed by atoms with E-state index in [2.05, 4.69) is 29.4 Å². The molecule has 1 heterocycles. The molecule has 3 aromatic rings. The van der Waals surface area contributed by atoms with Crippen LogP contribution in [0.25, 0.3) is 0 Å². The number of aromatic nitrogens is 1. The Morgan fingerprint density at radius 1 is 1.03 bits per heavy atom. The van der Waals surface area contributed by atoms with Gasteiger partial charge in [0.05, 0.1) is 6.20 Å². The zero-order chi connectivity index (χ0) is 21.6. The summed E-state index contributed by atoms with van der Waals surface area (Å²) < 4.78 is 5.87. The van der Waals surface area contributed by atoms with Gasteiger partial charge in [0, 0.05) is 23.7 Å². The quantitative estimate of drug-likeness (QED) is 0.514. The molecule has 0 bridgehead atoms. The van der Waals surface area contributed by atoms with Gasteiger partial charge in [0.25, 0.3) is 5.91 Å². The predicted molar refractivity (Wildman–Crippen MR) is 121 cm³/mol. The van der Waals surface area contributed by atoms with Crippen molar-refractivity contribution in [2.24, 2.45) is 0 Å². The van der Waals surface area contributed by atoms with Gasteiger partial charge in [0.15, 0.2) is 5.60 Å². The van der Waals surface area contributed by atoms with Crippen molar-refractivity contribution in [1.29, 1.82) is 0 Å². The molecule has 0 saturated carbocycles. The Morgan fingerprint density at radius 2 is 1.73 bits per heavy atom. The van der Waals surface area contributed by atoms with E-state index < -0.39 is 5.60 Å². The van der Waals surface area contributed by atoms with Crippen LogP contribution in [0.5, 0.6) is 5.75 Å². The van der Waals surface area contributed by atoms with E-state index in [-0.39, 0.29) is 17.7 Å². The minimum Gasteiger partial charge on any atom is -0.476 e. The van der Waals surface area contributed by atoms with Crippen LogP contribution >= 0.6 is 11.6 Å². The molecule has 156 valence electrons. The second kappa shape index (κ2) is 9.77. The summed E-state index contributed by atoms with van der Waals surface area (Å²) in [5.74, 6) is 0.681. The van der Waals surface area contributed by atoms with Crippen LogP contribution in [0.2, 0.25) is 5.02 Å². The summed E-state index contributed by atoms with van der Waals surface area (Å²) >= 11 is 6.06. The van der Waals surface area contributed by atoms with Crippen molar-refractivity contribution in [3.8, 4) is 5.75 Å². The Labute approximate surface area is 183 Å². The second-order valence-electron chi connectivity index (χ2n) is 7.87. The maximum atomic E-state index is 12.9. The number of hydrogen-bond donors (Lipinski definition) is 1. The van der Waals surface area contributed by atoms with Gasteiger partial charge in [0.2, 0.25) is 0 Å². The van der Waals surface area contributed by atoms with Crippen molar-refractivity contribution < 1.29 is 9.53 Å². The number of halogens is 1. The van der Waals surface area contributed by atoms with Crippen molar-refractivity contribution in [3.63, 3.8) is 0 Å². The molecular formula is C25H27ClN2O2.